The van der Waals surface area contributed by atoms with E-state index < -0.39 is 0 Å². The maximum absolute atomic E-state index is 3.49. The molecule has 0 amide bonds. The highest BCUT2D eigenvalue weighted by atomic mass is 15.6. The molecule has 4 nitrogen and oxygen atoms in total. The van der Waals surface area contributed by atoms with Crippen LogP contribution in [0.4, 0.5) is 0 Å². The first-order valence-corrected chi connectivity index (χ1v) is 10.4. The Balaban J connectivity index is 1.20. The van der Waals surface area contributed by atoms with Crippen molar-refractivity contribution in [2.24, 2.45) is 5.92 Å². The molecule has 0 radical (unpaired) electrons. The molecule has 4 heteroatoms. The minimum atomic E-state index is 0.833. The van der Waals surface area contributed by atoms with Crippen molar-refractivity contribution < 1.29 is 0 Å². The highest BCUT2D eigenvalue weighted by Gasteiger charge is 2.29. The molecule has 0 aliphatic carbocycles. The fourth-order valence-corrected chi connectivity index (χ4v) is 4.88. The summed E-state index contributed by atoms with van der Waals surface area (Å²) in [4.78, 5) is 2.75. The van der Waals surface area contributed by atoms with Crippen LogP contribution in [0.15, 0.2) is 30.3 Å². The van der Waals surface area contributed by atoms with Gasteiger partial charge in [0.05, 0.1) is 0 Å². The first kappa shape index (κ1) is 17.5. The second-order valence-electron chi connectivity index (χ2n) is 8.06. The average molecular weight is 343 g/mol. The van der Waals surface area contributed by atoms with Gasteiger partial charge in [0, 0.05) is 45.3 Å². The quantitative estimate of drug-likeness (QED) is 0.906. The lowest BCUT2D eigenvalue weighted by Crippen LogP contribution is -2.58. The van der Waals surface area contributed by atoms with Gasteiger partial charge in [-0.15, -0.1) is 0 Å². The molecule has 0 bridgehead atoms. The number of piperidine rings is 2. The zero-order valence-electron chi connectivity index (χ0n) is 15.6. The van der Waals surface area contributed by atoms with E-state index in [1.165, 1.54) is 90.0 Å². The van der Waals surface area contributed by atoms with E-state index in [9.17, 15) is 0 Å². The number of piperazine rings is 1. The zero-order valence-corrected chi connectivity index (χ0v) is 15.6. The van der Waals surface area contributed by atoms with Crippen molar-refractivity contribution in [2.75, 3.05) is 52.4 Å². The molecule has 3 fully saturated rings. The topological polar surface area (TPSA) is 21.8 Å². The molecule has 0 atom stereocenters. The Bertz CT molecular complexity index is 498. The largest absolute Gasteiger partial charge is 0.317 e. The van der Waals surface area contributed by atoms with E-state index in [4.69, 9.17) is 0 Å². The zero-order chi connectivity index (χ0) is 16.9. The maximum atomic E-state index is 3.49. The van der Waals surface area contributed by atoms with Gasteiger partial charge >= 0.3 is 0 Å². The molecule has 3 aliphatic heterocycles. The lowest BCUT2D eigenvalue weighted by atomic mass is 9.91. The summed E-state index contributed by atoms with van der Waals surface area (Å²) in [7, 11) is 0. The first-order valence-electron chi connectivity index (χ1n) is 10.4. The lowest BCUT2D eigenvalue weighted by molar-refractivity contribution is -0.0826. The van der Waals surface area contributed by atoms with Gasteiger partial charge in [-0.2, -0.15) is 0 Å². The van der Waals surface area contributed by atoms with E-state index in [-0.39, 0.29) is 0 Å². The van der Waals surface area contributed by atoms with Crippen molar-refractivity contribution in [1.29, 1.82) is 0 Å². The minimum Gasteiger partial charge on any atom is -0.317 e. The third-order valence-electron chi connectivity index (χ3n) is 6.47. The Morgan fingerprint density at radius 2 is 1.40 bits per heavy atom. The molecular formula is C21H34N4. The van der Waals surface area contributed by atoms with E-state index in [0.717, 1.165) is 12.0 Å². The standard InChI is InChI=1S/C21H34N4/c1-2-4-19(5-3-1)18-20-8-12-24(13-9-20)25-16-14-23(15-17-25)21-6-10-22-11-7-21/h1-5,20-22H,6-18H2. The van der Waals surface area contributed by atoms with E-state index in [1.807, 2.05) is 0 Å². The second-order valence-corrected chi connectivity index (χ2v) is 8.06. The second kappa shape index (κ2) is 8.63. The van der Waals surface area contributed by atoms with Crippen LogP contribution in [0.3, 0.4) is 0 Å². The summed E-state index contributed by atoms with van der Waals surface area (Å²) in [5.74, 6) is 0.870. The molecule has 0 unspecified atom stereocenters. The van der Waals surface area contributed by atoms with E-state index in [2.05, 4.69) is 50.6 Å². The van der Waals surface area contributed by atoms with Gasteiger partial charge in [-0.1, -0.05) is 30.3 Å². The molecule has 0 saturated carbocycles. The van der Waals surface area contributed by atoms with Crippen LogP contribution < -0.4 is 5.32 Å². The SMILES string of the molecule is c1ccc(CC2CCN(N3CCN(C4CCNCC4)CC3)CC2)cc1. The smallest absolute Gasteiger partial charge is 0.0261 e. The minimum absolute atomic E-state index is 0.833. The van der Waals surface area contributed by atoms with Gasteiger partial charge in [0.15, 0.2) is 0 Å². The summed E-state index contributed by atoms with van der Waals surface area (Å²) in [6, 6.07) is 11.9. The Morgan fingerprint density at radius 3 is 2.08 bits per heavy atom. The van der Waals surface area contributed by atoms with Gasteiger partial charge in [-0.3, -0.25) is 4.90 Å². The fraction of sp³-hybridized carbons (Fsp3) is 0.714. The molecule has 3 heterocycles. The van der Waals surface area contributed by atoms with Crippen LogP contribution in [0.5, 0.6) is 0 Å². The molecule has 3 saturated heterocycles. The number of hydrogen-bond acceptors (Lipinski definition) is 4. The van der Waals surface area contributed by atoms with Crippen molar-refractivity contribution in [3.63, 3.8) is 0 Å². The van der Waals surface area contributed by atoms with E-state index >= 15 is 0 Å². The fourth-order valence-electron chi connectivity index (χ4n) is 4.88. The normalized spacial score (nSPS) is 26.1. The number of nitrogens with one attached hydrogen (secondary N) is 1. The van der Waals surface area contributed by atoms with Crippen molar-refractivity contribution >= 4 is 0 Å². The molecule has 0 aromatic heterocycles. The van der Waals surface area contributed by atoms with Gasteiger partial charge in [-0.05, 0) is 56.7 Å². The number of nitrogens with zero attached hydrogens (tertiary/aromatic N) is 3. The molecule has 138 valence electrons. The van der Waals surface area contributed by atoms with Crippen molar-refractivity contribution in [3.8, 4) is 0 Å². The van der Waals surface area contributed by atoms with Crippen LogP contribution in [0.1, 0.15) is 31.2 Å². The van der Waals surface area contributed by atoms with Crippen molar-refractivity contribution in [1.82, 2.24) is 20.2 Å². The van der Waals surface area contributed by atoms with Gasteiger partial charge in [0.1, 0.15) is 0 Å². The first-order chi connectivity index (χ1) is 12.4. The number of benzene rings is 1. The van der Waals surface area contributed by atoms with Crippen LogP contribution in [0, 0.1) is 5.92 Å². The maximum Gasteiger partial charge on any atom is 0.0261 e. The van der Waals surface area contributed by atoms with Crippen molar-refractivity contribution in [2.45, 2.75) is 38.1 Å². The Labute approximate surface area is 153 Å². The van der Waals surface area contributed by atoms with Crippen molar-refractivity contribution in [3.05, 3.63) is 35.9 Å². The van der Waals surface area contributed by atoms with Crippen LogP contribution in [0.2, 0.25) is 0 Å². The highest BCUT2D eigenvalue weighted by Crippen LogP contribution is 2.24. The lowest BCUT2D eigenvalue weighted by Gasteiger charge is -2.46. The molecule has 1 N–H and O–H groups in total. The molecule has 0 spiro atoms. The molecule has 3 aliphatic rings. The third kappa shape index (κ3) is 4.62. The predicted molar refractivity (Wildman–Crippen MR) is 103 cm³/mol. The number of hydrogen-bond donors (Lipinski definition) is 1. The van der Waals surface area contributed by atoms with E-state index in [0.29, 0.717) is 0 Å². The average Bonchev–Trinajstić information content (AvgIpc) is 2.70. The highest BCUT2D eigenvalue weighted by molar-refractivity contribution is 5.15. The van der Waals surface area contributed by atoms with Gasteiger partial charge in [0.25, 0.3) is 0 Å². The van der Waals surface area contributed by atoms with Crippen LogP contribution >= 0.6 is 0 Å². The monoisotopic (exact) mass is 342 g/mol. The van der Waals surface area contributed by atoms with Crippen LogP contribution in [-0.2, 0) is 6.42 Å². The molecule has 1 aromatic carbocycles. The summed E-state index contributed by atoms with van der Waals surface area (Å²) >= 11 is 0. The summed E-state index contributed by atoms with van der Waals surface area (Å²) in [6.07, 6.45) is 6.64. The molecule has 4 rings (SSSR count). The third-order valence-corrected chi connectivity index (χ3v) is 6.47. The molecular weight excluding hydrogens is 308 g/mol. The summed E-state index contributed by atoms with van der Waals surface area (Å²) in [5, 5.41) is 8.79. The molecule has 25 heavy (non-hydrogen) atoms. The Hall–Kier alpha value is -0.940. The van der Waals surface area contributed by atoms with Crippen LogP contribution in [-0.4, -0.2) is 73.3 Å². The van der Waals surface area contributed by atoms with Gasteiger partial charge in [0.2, 0.25) is 0 Å². The summed E-state index contributed by atoms with van der Waals surface area (Å²) in [5.41, 5.74) is 1.51. The number of rotatable bonds is 4. The Kier molecular flexibility index (Phi) is 6.03. The van der Waals surface area contributed by atoms with E-state index in [1.54, 1.807) is 0 Å². The number of hydrazine groups is 1. The Morgan fingerprint density at radius 1 is 0.760 bits per heavy atom. The van der Waals surface area contributed by atoms with Crippen LogP contribution in [0.25, 0.3) is 0 Å². The predicted octanol–water partition coefficient (Wildman–Crippen LogP) is 2.23. The van der Waals surface area contributed by atoms with Gasteiger partial charge in [-0.25, -0.2) is 10.0 Å². The summed E-state index contributed by atoms with van der Waals surface area (Å²) in [6.45, 7) is 9.90. The van der Waals surface area contributed by atoms with Gasteiger partial charge < -0.3 is 5.32 Å². The summed E-state index contributed by atoms with van der Waals surface area (Å²) < 4.78 is 0. The molecule has 1 aromatic rings.